The molecule has 1 atom stereocenters. The zero-order chi connectivity index (χ0) is 23.9. The fourth-order valence-electron chi connectivity index (χ4n) is 3.47. The second-order valence-corrected chi connectivity index (χ2v) is 8.14. The Balaban J connectivity index is 1.60. The zero-order valence-electron chi connectivity index (χ0n) is 17.2. The number of nitrogens with two attached hydrogens (primary N) is 1. The summed E-state index contributed by atoms with van der Waals surface area (Å²) in [5.74, 6) is -1.83. The summed E-state index contributed by atoms with van der Waals surface area (Å²) in [7, 11) is 0. The van der Waals surface area contributed by atoms with Crippen molar-refractivity contribution in [2.75, 3.05) is 0 Å². The number of hydrogen-bond acceptors (Lipinski definition) is 6. The number of halogens is 4. The van der Waals surface area contributed by atoms with Crippen molar-refractivity contribution >= 4 is 23.4 Å². The summed E-state index contributed by atoms with van der Waals surface area (Å²) in [5, 5.41) is 10.5. The predicted octanol–water partition coefficient (Wildman–Crippen LogP) is 2.73. The maximum Gasteiger partial charge on any atom is 0.280 e. The van der Waals surface area contributed by atoms with Crippen molar-refractivity contribution in [1.82, 2.24) is 25.2 Å². The van der Waals surface area contributed by atoms with Crippen LogP contribution in [0.3, 0.4) is 0 Å². The number of carbonyl (C=O) groups is 2. The monoisotopic (exact) mass is 482 g/mol. The summed E-state index contributed by atoms with van der Waals surface area (Å²) < 4.78 is 46.5. The third kappa shape index (κ3) is 4.42. The summed E-state index contributed by atoms with van der Waals surface area (Å²) in [4.78, 5) is 27.5. The largest absolute Gasteiger partial charge is 0.368 e. The van der Waals surface area contributed by atoms with Gasteiger partial charge >= 0.3 is 0 Å². The van der Waals surface area contributed by atoms with Gasteiger partial charge in [0.05, 0.1) is 5.41 Å². The van der Waals surface area contributed by atoms with Gasteiger partial charge in [-0.2, -0.15) is 10.1 Å². The van der Waals surface area contributed by atoms with Crippen molar-refractivity contribution in [2.24, 2.45) is 5.73 Å². The summed E-state index contributed by atoms with van der Waals surface area (Å²) in [5.41, 5.74) is 4.46. The lowest BCUT2D eigenvalue weighted by molar-refractivity contribution is -0.127. The van der Waals surface area contributed by atoms with Gasteiger partial charge in [0.2, 0.25) is 11.8 Å². The van der Waals surface area contributed by atoms with Crippen molar-refractivity contribution in [1.29, 1.82) is 0 Å². The van der Waals surface area contributed by atoms with Crippen molar-refractivity contribution in [3.05, 3.63) is 52.2 Å². The van der Waals surface area contributed by atoms with E-state index in [-0.39, 0.29) is 22.4 Å². The van der Waals surface area contributed by atoms with Gasteiger partial charge in [0.25, 0.3) is 12.3 Å². The Bertz CT molecular complexity index is 1220. The Morgan fingerprint density at radius 2 is 2.06 bits per heavy atom. The van der Waals surface area contributed by atoms with E-state index >= 15 is 0 Å². The fraction of sp³-hybridized carbons (Fsp3) is 0.350. The Morgan fingerprint density at radius 3 is 2.67 bits per heavy atom. The van der Waals surface area contributed by atoms with Gasteiger partial charge in [0.1, 0.15) is 24.1 Å². The first-order valence-corrected chi connectivity index (χ1v) is 10.2. The van der Waals surface area contributed by atoms with E-state index in [9.17, 15) is 22.8 Å². The molecule has 2 heterocycles. The molecule has 2 aromatic heterocycles. The van der Waals surface area contributed by atoms with Gasteiger partial charge in [0, 0.05) is 5.02 Å². The molecule has 1 aliphatic rings. The lowest BCUT2D eigenvalue weighted by Crippen LogP contribution is -2.43. The molecule has 9 nitrogen and oxygen atoms in total. The molecule has 13 heteroatoms. The van der Waals surface area contributed by atoms with Crippen LogP contribution >= 0.6 is 11.6 Å². The number of benzene rings is 1. The van der Waals surface area contributed by atoms with E-state index < -0.39 is 47.8 Å². The number of nitrogens with one attached hydrogen (secondary N) is 1. The van der Waals surface area contributed by atoms with Gasteiger partial charge in [-0.25, -0.2) is 13.2 Å². The minimum atomic E-state index is -2.94. The van der Waals surface area contributed by atoms with E-state index in [1.54, 1.807) is 6.07 Å². The average Bonchev–Trinajstić information content (AvgIpc) is 3.18. The second-order valence-electron chi connectivity index (χ2n) is 7.73. The van der Waals surface area contributed by atoms with Crippen LogP contribution in [-0.4, -0.2) is 37.8 Å². The molecule has 0 radical (unpaired) electrons. The Hall–Kier alpha value is -3.41. The second kappa shape index (κ2) is 8.50. The lowest BCUT2D eigenvalue weighted by atomic mass is 9.95. The van der Waals surface area contributed by atoms with E-state index in [0.717, 1.165) is 10.7 Å². The maximum absolute atomic E-state index is 13.5. The average molecular weight is 483 g/mol. The molecule has 2 amide bonds. The van der Waals surface area contributed by atoms with Crippen LogP contribution in [0.4, 0.5) is 13.2 Å². The van der Waals surface area contributed by atoms with Crippen LogP contribution in [0.25, 0.3) is 11.6 Å². The van der Waals surface area contributed by atoms with Crippen molar-refractivity contribution in [3.8, 4) is 11.6 Å². The Kier molecular flexibility index (Phi) is 5.87. The molecule has 0 spiro atoms. The standard InChI is InChI=1S/C20H18ClF3N6O3/c1-9(17(25)32)26-15(31)8-30-14(16(23)24)7-13(28-30)18-27-19(29-33-18)20(4-5-20)11-3-2-10(22)6-12(11)21/h2-3,6-7,9,16H,4-5,8H2,1H3,(H2,25,32)(H,26,31)/t9-/m1/s1. The van der Waals surface area contributed by atoms with Gasteiger partial charge < -0.3 is 15.6 Å². The zero-order valence-corrected chi connectivity index (χ0v) is 17.9. The van der Waals surface area contributed by atoms with Crippen molar-refractivity contribution in [3.63, 3.8) is 0 Å². The van der Waals surface area contributed by atoms with Crippen LogP contribution in [-0.2, 0) is 21.5 Å². The molecule has 0 saturated heterocycles. The van der Waals surface area contributed by atoms with Crippen LogP contribution in [0.2, 0.25) is 5.02 Å². The molecular formula is C20H18ClF3N6O3. The molecule has 1 aromatic carbocycles. The molecule has 3 aromatic rings. The molecule has 0 bridgehead atoms. The lowest BCUT2D eigenvalue weighted by Gasteiger charge is -2.12. The van der Waals surface area contributed by atoms with Crippen LogP contribution in [0.1, 0.15) is 43.3 Å². The Morgan fingerprint density at radius 1 is 1.33 bits per heavy atom. The van der Waals surface area contributed by atoms with Crippen LogP contribution in [0.15, 0.2) is 28.8 Å². The summed E-state index contributed by atoms with van der Waals surface area (Å²) >= 11 is 6.20. The molecule has 4 rings (SSSR count). The highest BCUT2D eigenvalue weighted by atomic mass is 35.5. The Labute approximate surface area is 190 Å². The number of amides is 2. The van der Waals surface area contributed by atoms with E-state index in [1.165, 1.54) is 19.1 Å². The summed E-state index contributed by atoms with van der Waals surface area (Å²) in [6.07, 6.45) is -1.65. The van der Waals surface area contributed by atoms with E-state index in [1.807, 2.05) is 0 Å². The third-order valence-corrected chi connectivity index (χ3v) is 5.71. The molecular weight excluding hydrogens is 465 g/mol. The number of nitrogens with zero attached hydrogens (tertiary/aromatic N) is 4. The minimum absolute atomic E-state index is 0.0548. The molecule has 33 heavy (non-hydrogen) atoms. The first-order valence-electron chi connectivity index (χ1n) is 9.85. The van der Waals surface area contributed by atoms with Crippen LogP contribution in [0.5, 0.6) is 0 Å². The molecule has 1 fully saturated rings. The predicted molar refractivity (Wildman–Crippen MR) is 109 cm³/mol. The maximum atomic E-state index is 13.5. The van der Waals surface area contributed by atoms with Gasteiger partial charge in [0.15, 0.2) is 11.5 Å². The first-order chi connectivity index (χ1) is 15.6. The summed E-state index contributed by atoms with van der Waals surface area (Å²) in [6.45, 7) is 0.789. The van der Waals surface area contributed by atoms with Crippen LogP contribution < -0.4 is 11.1 Å². The quantitative estimate of drug-likeness (QED) is 0.508. The molecule has 0 aliphatic heterocycles. The van der Waals surface area contributed by atoms with Gasteiger partial charge in [-0.3, -0.25) is 14.3 Å². The van der Waals surface area contributed by atoms with Crippen LogP contribution in [0, 0.1) is 5.82 Å². The van der Waals surface area contributed by atoms with Crippen molar-refractivity contribution in [2.45, 2.75) is 44.2 Å². The highest BCUT2D eigenvalue weighted by molar-refractivity contribution is 6.31. The first kappa shape index (κ1) is 22.8. The number of rotatable bonds is 8. The molecule has 3 N–H and O–H groups in total. The topological polar surface area (TPSA) is 129 Å². The minimum Gasteiger partial charge on any atom is -0.368 e. The third-order valence-electron chi connectivity index (χ3n) is 5.40. The summed E-state index contributed by atoms with van der Waals surface area (Å²) in [6, 6.07) is 4.09. The van der Waals surface area contributed by atoms with Gasteiger partial charge in [-0.15, -0.1) is 0 Å². The smallest absolute Gasteiger partial charge is 0.280 e. The van der Waals surface area contributed by atoms with E-state index in [0.29, 0.717) is 18.4 Å². The van der Waals surface area contributed by atoms with Gasteiger partial charge in [-0.1, -0.05) is 22.8 Å². The van der Waals surface area contributed by atoms with E-state index in [4.69, 9.17) is 21.9 Å². The molecule has 174 valence electrons. The number of alkyl halides is 2. The molecule has 1 saturated carbocycles. The molecule has 0 unspecified atom stereocenters. The highest BCUT2D eigenvalue weighted by Crippen LogP contribution is 2.54. The number of hydrogen-bond donors (Lipinski definition) is 2. The van der Waals surface area contributed by atoms with Crippen molar-refractivity contribution < 1.29 is 27.3 Å². The normalized spacial score (nSPS) is 15.5. The number of aromatic nitrogens is 4. The SMILES string of the molecule is C[C@@H](NC(=O)Cn1nc(-c2nc(C3(c4ccc(F)cc4Cl)CC3)no2)cc1C(F)F)C(N)=O. The molecule has 1 aliphatic carbocycles. The number of carbonyl (C=O) groups excluding carboxylic acids is 2. The fourth-order valence-corrected chi connectivity index (χ4v) is 3.82. The number of primary amides is 1. The van der Waals surface area contributed by atoms with Gasteiger partial charge in [-0.05, 0) is 43.5 Å². The highest BCUT2D eigenvalue weighted by Gasteiger charge is 2.51. The van der Waals surface area contributed by atoms with E-state index in [2.05, 4.69) is 20.6 Å².